The highest BCUT2D eigenvalue weighted by Gasteiger charge is 2.23. The van der Waals surface area contributed by atoms with Crippen molar-refractivity contribution in [2.24, 2.45) is 0 Å². The minimum Gasteiger partial charge on any atom is -0.372 e. The highest BCUT2D eigenvalue weighted by Crippen LogP contribution is 2.34. The Labute approximate surface area is 204 Å². The Morgan fingerprint density at radius 3 is 2.35 bits per heavy atom. The molecule has 5 heteroatoms. The zero-order valence-electron chi connectivity index (χ0n) is 21.1. The summed E-state index contributed by atoms with van der Waals surface area (Å²) in [6.45, 7) is 8.71. The molecule has 34 heavy (non-hydrogen) atoms. The summed E-state index contributed by atoms with van der Waals surface area (Å²) < 4.78 is 1.72. The summed E-state index contributed by atoms with van der Waals surface area (Å²) in [7, 11) is 2.18. The Kier molecular flexibility index (Phi) is 7.94. The van der Waals surface area contributed by atoms with E-state index in [2.05, 4.69) is 55.1 Å². The summed E-state index contributed by atoms with van der Waals surface area (Å²) in [4.78, 5) is 18.4. The van der Waals surface area contributed by atoms with Gasteiger partial charge in [-0.15, -0.1) is 0 Å². The highest BCUT2D eigenvalue weighted by atomic mass is 16.1. The molecule has 2 heterocycles. The smallest absolute Gasteiger partial charge is 0.193 e. The molecular formula is C29H40N4O. The van der Waals surface area contributed by atoms with Crippen molar-refractivity contribution >= 4 is 22.4 Å². The first-order valence-corrected chi connectivity index (χ1v) is 13.0. The number of anilines is 1. The third kappa shape index (κ3) is 5.30. The number of carbonyl (C=O) groups is 1. The van der Waals surface area contributed by atoms with Gasteiger partial charge in [-0.25, -0.2) is 0 Å². The van der Waals surface area contributed by atoms with E-state index in [1.54, 1.807) is 4.68 Å². The lowest BCUT2D eigenvalue weighted by Crippen LogP contribution is -2.29. The number of likely N-dealkylation sites (tertiary alicyclic amines) is 1. The molecule has 3 aromatic rings. The zero-order valence-corrected chi connectivity index (χ0v) is 21.1. The fraction of sp³-hybridized carbons (Fsp3) is 0.483. The van der Waals surface area contributed by atoms with Crippen LogP contribution in [0, 0.1) is 0 Å². The minimum absolute atomic E-state index is 0.0776. The Morgan fingerprint density at radius 2 is 1.68 bits per heavy atom. The maximum absolute atomic E-state index is 13.6. The number of benzene rings is 2. The van der Waals surface area contributed by atoms with Crippen LogP contribution in [0.25, 0.3) is 10.9 Å². The quantitative estimate of drug-likeness (QED) is 0.307. The van der Waals surface area contributed by atoms with E-state index >= 15 is 0 Å². The monoisotopic (exact) mass is 460 g/mol. The largest absolute Gasteiger partial charge is 0.372 e. The summed E-state index contributed by atoms with van der Waals surface area (Å²) in [6.07, 6.45) is 8.98. The minimum atomic E-state index is 0.0776. The van der Waals surface area contributed by atoms with Gasteiger partial charge < -0.3 is 15.6 Å². The van der Waals surface area contributed by atoms with Gasteiger partial charge in [0.2, 0.25) is 0 Å². The molecule has 0 amide bonds. The van der Waals surface area contributed by atoms with Crippen LogP contribution < -0.4 is 10.7 Å². The van der Waals surface area contributed by atoms with Gasteiger partial charge >= 0.3 is 0 Å². The number of piperidine rings is 1. The molecule has 0 radical (unpaired) electrons. The number of rotatable bonds is 10. The number of hydrogen-bond donors (Lipinski definition) is 1. The number of nitrogen functional groups attached to an aromatic ring is 1. The van der Waals surface area contributed by atoms with Crippen LogP contribution in [0.1, 0.15) is 79.8 Å². The highest BCUT2D eigenvalue weighted by molar-refractivity contribution is 6.11. The second-order valence-corrected chi connectivity index (χ2v) is 9.87. The normalized spacial score (nSPS) is 15.1. The van der Waals surface area contributed by atoms with E-state index in [-0.39, 0.29) is 5.78 Å². The van der Waals surface area contributed by atoms with Crippen molar-refractivity contribution in [2.45, 2.75) is 58.3 Å². The van der Waals surface area contributed by atoms with Gasteiger partial charge in [0.05, 0.1) is 5.52 Å². The molecule has 2 N–H and O–H groups in total. The van der Waals surface area contributed by atoms with Gasteiger partial charge in [-0.1, -0.05) is 38.8 Å². The van der Waals surface area contributed by atoms with E-state index in [9.17, 15) is 4.79 Å². The number of nitrogens with zero attached hydrogens (tertiary/aromatic N) is 3. The molecule has 1 aliphatic heterocycles. The standard InChI is InChI=1S/C29H40N4O/c1-4-6-15-32(16-7-5-2)25-10-8-9-23(19-25)29(34)24-11-12-28-26(20-24)27(21-33(28)30)22-13-17-31(3)18-14-22/h8-12,19-22H,4-7,13-18,30H2,1-3H3. The van der Waals surface area contributed by atoms with Crippen LogP contribution in [0.2, 0.25) is 0 Å². The Bertz CT molecular complexity index is 1100. The lowest BCUT2D eigenvalue weighted by atomic mass is 9.88. The van der Waals surface area contributed by atoms with Crippen LogP contribution in [0.3, 0.4) is 0 Å². The molecule has 5 nitrogen and oxygen atoms in total. The number of hydrogen-bond acceptors (Lipinski definition) is 4. The van der Waals surface area contributed by atoms with Crippen LogP contribution in [0.4, 0.5) is 5.69 Å². The zero-order chi connectivity index (χ0) is 24.1. The van der Waals surface area contributed by atoms with Gasteiger partial charge in [0.15, 0.2) is 5.78 Å². The maximum atomic E-state index is 13.6. The van der Waals surface area contributed by atoms with Crippen LogP contribution in [0.5, 0.6) is 0 Å². The predicted molar refractivity (Wildman–Crippen MR) is 143 cm³/mol. The number of ketones is 1. The molecule has 2 aromatic carbocycles. The summed E-state index contributed by atoms with van der Waals surface area (Å²) >= 11 is 0. The van der Waals surface area contributed by atoms with E-state index in [1.165, 1.54) is 18.4 Å². The molecule has 1 saturated heterocycles. The second kappa shape index (κ2) is 11.1. The van der Waals surface area contributed by atoms with Crippen LogP contribution in [-0.2, 0) is 0 Å². The third-order valence-corrected chi connectivity index (χ3v) is 7.32. The second-order valence-electron chi connectivity index (χ2n) is 9.87. The summed E-state index contributed by atoms with van der Waals surface area (Å²) in [5.41, 5.74) is 4.90. The number of nitrogens with two attached hydrogens (primary N) is 1. The molecule has 4 rings (SSSR count). The first-order chi connectivity index (χ1) is 16.5. The molecule has 1 aliphatic rings. The van der Waals surface area contributed by atoms with E-state index in [0.717, 1.165) is 79.6 Å². The average Bonchev–Trinajstić information content (AvgIpc) is 3.20. The molecule has 0 atom stereocenters. The van der Waals surface area contributed by atoms with Crippen molar-refractivity contribution < 1.29 is 4.79 Å². The van der Waals surface area contributed by atoms with E-state index in [1.807, 2.05) is 24.3 Å². The molecule has 1 fully saturated rings. The van der Waals surface area contributed by atoms with E-state index in [4.69, 9.17) is 5.84 Å². The molecule has 0 saturated carbocycles. The fourth-order valence-electron chi connectivity index (χ4n) is 5.15. The molecule has 1 aromatic heterocycles. The van der Waals surface area contributed by atoms with E-state index < -0.39 is 0 Å². The molecule has 0 spiro atoms. The molecule has 0 bridgehead atoms. The van der Waals surface area contributed by atoms with Gasteiger partial charge in [0.25, 0.3) is 0 Å². The molecule has 0 unspecified atom stereocenters. The Hall–Kier alpha value is -2.79. The third-order valence-electron chi connectivity index (χ3n) is 7.32. The first kappa shape index (κ1) is 24.3. The van der Waals surface area contributed by atoms with Crippen molar-refractivity contribution in [3.8, 4) is 0 Å². The lowest BCUT2D eigenvalue weighted by molar-refractivity contribution is 0.103. The molecule has 0 aliphatic carbocycles. The van der Waals surface area contributed by atoms with Gasteiger partial charge in [-0.3, -0.25) is 9.47 Å². The summed E-state index contributed by atoms with van der Waals surface area (Å²) in [6, 6.07) is 14.2. The molecular weight excluding hydrogens is 420 g/mol. The molecule has 182 valence electrons. The van der Waals surface area contributed by atoms with Crippen molar-refractivity contribution in [3.05, 3.63) is 65.4 Å². The van der Waals surface area contributed by atoms with Crippen LogP contribution >= 0.6 is 0 Å². The first-order valence-electron chi connectivity index (χ1n) is 13.0. The topological polar surface area (TPSA) is 54.5 Å². The van der Waals surface area contributed by atoms with Crippen molar-refractivity contribution in [2.75, 3.05) is 44.0 Å². The number of aromatic nitrogens is 1. The number of carbonyl (C=O) groups excluding carboxylic acids is 1. The Morgan fingerprint density at radius 1 is 1.00 bits per heavy atom. The van der Waals surface area contributed by atoms with E-state index in [0.29, 0.717) is 5.92 Å². The van der Waals surface area contributed by atoms with Gasteiger partial charge in [0.1, 0.15) is 0 Å². The van der Waals surface area contributed by atoms with Crippen LogP contribution in [0.15, 0.2) is 48.7 Å². The number of unbranched alkanes of at least 4 members (excludes halogenated alkanes) is 2. The summed E-state index contributed by atoms with van der Waals surface area (Å²) in [5.74, 6) is 6.86. The van der Waals surface area contributed by atoms with Gasteiger partial charge in [-0.05, 0) is 87.6 Å². The predicted octanol–water partition coefficient (Wildman–Crippen LogP) is 5.80. The number of fused-ring (bicyclic) bond motifs is 1. The van der Waals surface area contributed by atoms with Crippen molar-refractivity contribution in [3.63, 3.8) is 0 Å². The van der Waals surface area contributed by atoms with Crippen molar-refractivity contribution in [1.29, 1.82) is 0 Å². The van der Waals surface area contributed by atoms with Crippen molar-refractivity contribution in [1.82, 2.24) is 9.58 Å². The van der Waals surface area contributed by atoms with Crippen LogP contribution in [-0.4, -0.2) is 48.6 Å². The summed E-state index contributed by atoms with van der Waals surface area (Å²) in [5, 5.41) is 1.12. The Balaban J connectivity index is 1.62. The maximum Gasteiger partial charge on any atom is 0.193 e. The SMILES string of the molecule is CCCCN(CCCC)c1cccc(C(=O)c2ccc3c(c2)c(C2CCN(C)CC2)cn3N)c1. The fourth-order valence-corrected chi connectivity index (χ4v) is 5.15. The van der Waals surface area contributed by atoms with Gasteiger partial charge in [-0.2, -0.15) is 0 Å². The lowest BCUT2D eigenvalue weighted by Gasteiger charge is -2.28. The van der Waals surface area contributed by atoms with Gasteiger partial charge in [0, 0.05) is 41.5 Å². The average molecular weight is 461 g/mol.